The van der Waals surface area contributed by atoms with E-state index >= 15 is 0 Å². The molecule has 0 fully saturated rings. The van der Waals surface area contributed by atoms with Gasteiger partial charge in [0.05, 0.1) is 0 Å². The summed E-state index contributed by atoms with van der Waals surface area (Å²) in [5, 5.41) is 11.4. The molecule has 0 aliphatic carbocycles. The fourth-order valence-electron chi connectivity index (χ4n) is 1.73. The van der Waals surface area contributed by atoms with Crippen molar-refractivity contribution in [2.45, 2.75) is 13.8 Å². The maximum absolute atomic E-state index is 11.4. The van der Waals surface area contributed by atoms with Crippen molar-refractivity contribution in [3.05, 3.63) is 41.5 Å². The van der Waals surface area contributed by atoms with E-state index in [9.17, 15) is 9.90 Å². The molecule has 0 bridgehead atoms. The molecule has 1 N–H and O–H groups in total. The summed E-state index contributed by atoms with van der Waals surface area (Å²) in [6, 6.07) is 9.06. The molecule has 0 saturated carbocycles. The van der Waals surface area contributed by atoms with E-state index in [2.05, 4.69) is 0 Å². The van der Waals surface area contributed by atoms with Gasteiger partial charge < -0.3 is 5.11 Å². The van der Waals surface area contributed by atoms with E-state index in [1.54, 1.807) is 19.1 Å². The number of hydrogen-bond donors (Lipinski definition) is 1. The van der Waals surface area contributed by atoms with Gasteiger partial charge in [-0.3, -0.25) is 4.79 Å². The number of ketones is 1. The van der Waals surface area contributed by atoms with Crippen LogP contribution in [-0.4, -0.2) is 10.9 Å². The SMILES string of the molecule is CC(=O)c1cccc2cc(O)c(C)cc12. The number of phenols is 1. The summed E-state index contributed by atoms with van der Waals surface area (Å²) in [6.07, 6.45) is 0. The molecule has 2 nitrogen and oxygen atoms in total. The Hall–Kier alpha value is -1.83. The maximum Gasteiger partial charge on any atom is 0.160 e. The molecule has 0 aliphatic heterocycles. The highest BCUT2D eigenvalue weighted by Crippen LogP contribution is 2.26. The smallest absolute Gasteiger partial charge is 0.160 e. The maximum atomic E-state index is 11.4. The molecule has 0 radical (unpaired) electrons. The lowest BCUT2D eigenvalue weighted by Gasteiger charge is -2.06. The van der Waals surface area contributed by atoms with E-state index in [0.717, 1.165) is 16.3 Å². The fraction of sp³-hybridized carbons (Fsp3) is 0.154. The van der Waals surface area contributed by atoms with Crippen LogP contribution >= 0.6 is 0 Å². The van der Waals surface area contributed by atoms with Gasteiger partial charge in [0.15, 0.2) is 5.78 Å². The highest BCUT2D eigenvalue weighted by Gasteiger charge is 2.07. The van der Waals surface area contributed by atoms with Crippen LogP contribution in [0, 0.1) is 6.92 Å². The summed E-state index contributed by atoms with van der Waals surface area (Å²) in [5.41, 5.74) is 1.49. The summed E-state index contributed by atoms with van der Waals surface area (Å²) in [5.74, 6) is 0.314. The van der Waals surface area contributed by atoms with Gasteiger partial charge in [-0.25, -0.2) is 0 Å². The predicted octanol–water partition coefficient (Wildman–Crippen LogP) is 3.06. The van der Waals surface area contributed by atoms with Gasteiger partial charge in [0.1, 0.15) is 5.75 Å². The zero-order valence-electron chi connectivity index (χ0n) is 8.74. The minimum Gasteiger partial charge on any atom is -0.508 e. The van der Waals surface area contributed by atoms with Crippen molar-refractivity contribution < 1.29 is 9.90 Å². The van der Waals surface area contributed by atoms with Gasteiger partial charge in [-0.2, -0.15) is 0 Å². The van der Waals surface area contributed by atoms with E-state index in [-0.39, 0.29) is 11.5 Å². The van der Waals surface area contributed by atoms with E-state index in [1.807, 2.05) is 25.1 Å². The van der Waals surface area contributed by atoms with Gasteiger partial charge in [-0.1, -0.05) is 18.2 Å². The summed E-state index contributed by atoms with van der Waals surface area (Å²) < 4.78 is 0. The molecule has 0 saturated heterocycles. The molecule has 0 aromatic heterocycles. The molecule has 0 heterocycles. The third-order valence-corrected chi connectivity index (χ3v) is 2.58. The lowest BCUT2D eigenvalue weighted by atomic mass is 10.00. The zero-order chi connectivity index (χ0) is 11.0. The largest absolute Gasteiger partial charge is 0.508 e. The normalized spacial score (nSPS) is 10.5. The number of rotatable bonds is 1. The van der Waals surface area contributed by atoms with Crippen LogP contribution < -0.4 is 0 Å². The van der Waals surface area contributed by atoms with Crippen LogP contribution in [0.5, 0.6) is 5.75 Å². The number of aromatic hydroxyl groups is 1. The third kappa shape index (κ3) is 1.59. The number of hydrogen-bond acceptors (Lipinski definition) is 2. The van der Waals surface area contributed by atoms with Crippen molar-refractivity contribution in [2.24, 2.45) is 0 Å². The van der Waals surface area contributed by atoms with Crippen LogP contribution in [0.15, 0.2) is 30.3 Å². The first kappa shape index (κ1) is 9.71. The number of phenolic OH excluding ortho intramolecular Hbond substituents is 1. The standard InChI is InChI=1S/C13H12O2/c1-8-6-12-10(7-13(8)15)4-3-5-11(12)9(2)14/h3-7,15H,1-2H3. The summed E-state index contributed by atoms with van der Waals surface area (Å²) in [6.45, 7) is 3.38. The monoisotopic (exact) mass is 200 g/mol. The van der Waals surface area contributed by atoms with Crippen LogP contribution in [0.2, 0.25) is 0 Å². The average molecular weight is 200 g/mol. The molecule has 0 spiro atoms. The van der Waals surface area contributed by atoms with Crippen LogP contribution in [-0.2, 0) is 0 Å². The summed E-state index contributed by atoms with van der Waals surface area (Å²) in [7, 11) is 0. The Morgan fingerprint density at radius 3 is 2.67 bits per heavy atom. The van der Waals surface area contributed by atoms with Gasteiger partial charge in [-0.05, 0) is 42.3 Å². The van der Waals surface area contributed by atoms with E-state index < -0.39 is 0 Å². The predicted molar refractivity (Wildman–Crippen MR) is 60.4 cm³/mol. The molecular weight excluding hydrogens is 188 g/mol. The van der Waals surface area contributed by atoms with Gasteiger partial charge in [0.2, 0.25) is 0 Å². The van der Waals surface area contributed by atoms with Gasteiger partial charge in [0, 0.05) is 5.56 Å². The third-order valence-electron chi connectivity index (χ3n) is 2.58. The lowest BCUT2D eigenvalue weighted by Crippen LogP contribution is -1.93. The first-order chi connectivity index (χ1) is 7.09. The molecule has 0 unspecified atom stereocenters. The highest BCUT2D eigenvalue weighted by atomic mass is 16.3. The van der Waals surface area contributed by atoms with Crippen molar-refractivity contribution in [1.29, 1.82) is 0 Å². The Morgan fingerprint density at radius 1 is 1.27 bits per heavy atom. The molecular formula is C13H12O2. The number of carbonyl (C=O) groups excluding carboxylic acids is 1. The Morgan fingerprint density at radius 2 is 2.00 bits per heavy atom. The first-order valence-corrected chi connectivity index (χ1v) is 4.83. The average Bonchev–Trinajstić information content (AvgIpc) is 2.18. The van der Waals surface area contributed by atoms with Crippen LogP contribution in [0.3, 0.4) is 0 Å². The number of carbonyl (C=O) groups is 1. The molecule has 2 aromatic rings. The quantitative estimate of drug-likeness (QED) is 0.718. The molecule has 15 heavy (non-hydrogen) atoms. The molecule has 2 aromatic carbocycles. The number of Topliss-reactive ketones (excluding diaryl/α,β-unsaturated/α-hetero) is 1. The first-order valence-electron chi connectivity index (χ1n) is 4.83. The molecule has 0 atom stereocenters. The minimum absolute atomic E-state index is 0.0469. The second-order valence-electron chi connectivity index (χ2n) is 3.72. The van der Waals surface area contributed by atoms with Gasteiger partial charge >= 0.3 is 0 Å². The topological polar surface area (TPSA) is 37.3 Å². The second kappa shape index (κ2) is 3.39. The number of aryl methyl sites for hydroxylation is 1. The van der Waals surface area contributed by atoms with Crippen molar-refractivity contribution in [3.63, 3.8) is 0 Å². The Kier molecular flexibility index (Phi) is 2.19. The summed E-state index contributed by atoms with van der Waals surface area (Å²) >= 11 is 0. The Bertz CT molecular complexity index is 541. The van der Waals surface area contributed by atoms with E-state index in [0.29, 0.717) is 5.56 Å². The van der Waals surface area contributed by atoms with Crippen molar-refractivity contribution in [2.75, 3.05) is 0 Å². The van der Waals surface area contributed by atoms with Crippen molar-refractivity contribution in [3.8, 4) is 5.75 Å². The highest BCUT2D eigenvalue weighted by molar-refractivity contribution is 6.07. The van der Waals surface area contributed by atoms with Crippen molar-refractivity contribution >= 4 is 16.6 Å². The molecule has 76 valence electrons. The van der Waals surface area contributed by atoms with Crippen LogP contribution in [0.25, 0.3) is 10.8 Å². The summed E-state index contributed by atoms with van der Waals surface area (Å²) in [4.78, 5) is 11.4. The fourth-order valence-corrected chi connectivity index (χ4v) is 1.73. The molecule has 2 heteroatoms. The van der Waals surface area contributed by atoms with E-state index in [4.69, 9.17) is 0 Å². The Labute approximate surface area is 88.2 Å². The molecule has 0 amide bonds. The molecule has 2 rings (SSSR count). The molecule has 0 aliphatic rings. The zero-order valence-corrected chi connectivity index (χ0v) is 8.74. The van der Waals surface area contributed by atoms with Crippen LogP contribution in [0.1, 0.15) is 22.8 Å². The van der Waals surface area contributed by atoms with Crippen LogP contribution in [0.4, 0.5) is 0 Å². The van der Waals surface area contributed by atoms with Crippen molar-refractivity contribution in [1.82, 2.24) is 0 Å². The number of benzene rings is 2. The number of fused-ring (bicyclic) bond motifs is 1. The van der Waals surface area contributed by atoms with Gasteiger partial charge in [0.25, 0.3) is 0 Å². The Balaban J connectivity index is 2.86. The minimum atomic E-state index is 0.0469. The van der Waals surface area contributed by atoms with Gasteiger partial charge in [-0.15, -0.1) is 0 Å². The second-order valence-corrected chi connectivity index (χ2v) is 3.72. The lowest BCUT2D eigenvalue weighted by molar-refractivity contribution is 0.101. The van der Waals surface area contributed by atoms with E-state index in [1.165, 1.54) is 0 Å².